The van der Waals surface area contributed by atoms with Gasteiger partial charge in [-0.05, 0) is 29.5 Å². The third-order valence-corrected chi connectivity index (χ3v) is 5.72. The Balaban J connectivity index is 2.05. The fraction of sp³-hybridized carbons (Fsp3) is 0.450. The lowest BCUT2D eigenvalue weighted by Crippen LogP contribution is -2.52. The van der Waals surface area contributed by atoms with E-state index in [0.29, 0.717) is 36.3 Å². The molecular formula is C20H25FN2O4S. The van der Waals surface area contributed by atoms with E-state index in [1.165, 1.54) is 31.0 Å². The highest BCUT2D eigenvalue weighted by molar-refractivity contribution is 8.03. The largest absolute Gasteiger partial charge is 0.496 e. The highest BCUT2D eigenvalue weighted by atomic mass is 32.2. The number of carboxylic acid groups (broad SMARTS) is 1. The van der Waals surface area contributed by atoms with Crippen LogP contribution in [0.4, 0.5) is 4.39 Å². The van der Waals surface area contributed by atoms with E-state index in [-0.39, 0.29) is 17.6 Å². The van der Waals surface area contributed by atoms with Crippen LogP contribution < -0.4 is 0 Å². The number of carboxylic acids is 1. The second-order valence-electron chi connectivity index (χ2n) is 6.47. The molecule has 0 aromatic heterocycles. The van der Waals surface area contributed by atoms with Crippen LogP contribution >= 0.6 is 11.8 Å². The van der Waals surface area contributed by atoms with Crippen LogP contribution in [0.15, 0.2) is 46.7 Å². The van der Waals surface area contributed by atoms with Gasteiger partial charge in [0.1, 0.15) is 23.3 Å². The van der Waals surface area contributed by atoms with Crippen LogP contribution in [0.1, 0.15) is 12.5 Å². The minimum Gasteiger partial charge on any atom is -0.496 e. The van der Waals surface area contributed by atoms with Crippen molar-refractivity contribution in [2.75, 3.05) is 39.2 Å². The maximum atomic E-state index is 13.8. The molecule has 2 aliphatic heterocycles. The van der Waals surface area contributed by atoms with Gasteiger partial charge in [-0.1, -0.05) is 19.1 Å². The van der Waals surface area contributed by atoms with Crippen molar-refractivity contribution >= 4 is 17.7 Å². The molecule has 1 saturated heterocycles. The molecule has 0 saturated carbocycles. The number of rotatable bonds is 7. The third kappa shape index (κ3) is 4.51. The Kier molecular flexibility index (Phi) is 6.98. The molecule has 2 heterocycles. The van der Waals surface area contributed by atoms with Gasteiger partial charge in [0.15, 0.2) is 0 Å². The van der Waals surface area contributed by atoms with Crippen molar-refractivity contribution in [3.63, 3.8) is 0 Å². The molecule has 1 N–H and O–H groups in total. The number of thioether (sulfide) groups is 1. The maximum absolute atomic E-state index is 13.8. The Morgan fingerprint density at radius 2 is 2.14 bits per heavy atom. The number of halogens is 1. The lowest BCUT2D eigenvalue weighted by molar-refractivity contribution is -0.133. The van der Waals surface area contributed by atoms with E-state index in [1.54, 1.807) is 6.07 Å². The summed E-state index contributed by atoms with van der Waals surface area (Å²) in [5.74, 6) is -0.277. The van der Waals surface area contributed by atoms with E-state index >= 15 is 0 Å². The minimum absolute atomic E-state index is 0.148. The lowest BCUT2D eigenvalue weighted by Gasteiger charge is -2.44. The average molecular weight is 408 g/mol. The van der Waals surface area contributed by atoms with Crippen molar-refractivity contribution in [2.45, 2.75) is 19.6 Å². The van der Waals surface area contributed by atoms with E-state index in [1.807, 2.05) is 24.0 Å². The first-order valence-electron chi connectivity index (χ1n) is 9.24. The number of hydrogen-bond donors (Lipinski definition) is 1. The monoisotopic (exact) mass is 408 g/mol. The molecule has 0 aliphatic carbocycles. The van der Waals surface area contributed by atoms with Crippen LogP contribution in [0.5, 0.6) is 0 Å². The Hall–Kier alpha value is -2.03. The maximum Gasteiger partial charge on any atom is 0.342 e. The van der Waals surface area contributed by atoms with E-state index in [4.69, 9.17) is 9.47 Å². The second kappa shape index (κ2) is 9.45. The van der Waals surface area contributed by atoms with Crippen LogP contribution in [-0.2, 0) is 20.8 Å². The van der Waals surface area contributed by atoms with Crippen molar-refractivity contribution in [2.24, 2.45) is 0 Å². The van der Waals surface area contributed by atoms with Crippen LogP contribution in [0.2, 0.25) is 0 Å². The summed E-state index contributed by atoms with van der Waals surface area (Å²) < 4.78 is 24.7. The molecule has 0 bridgehead atoms. The number of nitrogens with zero attached hydrogens (tertiary/aromatic N) is 2. The number of ether oxygens (including phenoxy) is 2. The fourth-order valence-electron chi connectivity index (χ4n) is 3.48. The zero-order valence-electron chi connectivity index (χ0n) is 16.1. The molecule has 152 valence electrons. The van der Waals surface area contributed by atoms with Gasteiger partial charge in [0.25, 0.3) is 0 Å². The summed E-state index contributed by atoms with van der Waals surface area (Å²) in [4.78, 5) is 16.3. The number of morpholine rings is 1. The Labute approximate surface area is 168 Å². The molecule has 1 fully saturated rings. The normalized spacial score (nSPS) is 20.9. The van der Waals surface area contributed by atoms with Crippen LogP contribution in [-0.4, -0.2) is 66.2 Å². The van der Waals surface area contributed by atoms with Gasteiger partial charge in [0.05, 0.1) is 25.4 Å². The standard InChI is InChI=1S/C20H25FN2O4S/c1-3-28-19-18(20(24)25)16(26-2)12-17(22-7-9-27-10-8-22)23(19)13-14-5-4-6-15(21)11-14/h4-6,11-12,17H,3,7-10,13H2,1-2H3,(H,24,25). The number of carbonyl (C=O) groups is 1. The summed E-state index contributed by atoms with van der Waals surface area (Å²) >= 11 is 1.46. The first-order valence-corrected chi connectivity index (χ1v) is 10.2. The average Bonchev–Trinajstić information content (AvgIpc) is 2.69. The van der Waals surface area contributed by atoms with Gasteiger partial charge in [-0.2, -0.15) is 0 Å². The van der Waals surface area contributed by atoms with E-state index in [9.17, 15) is 14.3 Å². The van der Waals surface area contributed by atoms with Crippen molar-refractivity contribution in [1.29, 1.82) is 0 Å². The van der Waals surface area contributed by atoms with Gasteiger partial charge in [0, 0.05) is 19.6 Å². The molecule has 0 amide bonds. The van der Waals surface area contributed by atoms with Gasteiger partial charge in [-0.15, -0.1) is 11.8 Å². The Morgan fingerprint density at radius 3 is 2.75 bits per heavy atom. The summed E-state index contributed by atoms with van der Waals surface area (Å²) in [5, 5.41) is 10.5. The van der Waals surface area contributed by atoms with Gasteiger partial charge in [-0.3, -0.25) is 4.90 Å². The summed E-state index contributed by atoms with van der Waals surface area (Å²) in [6.07, 6.45) is 1.65. The van der Waals surface area contributed by atoms with Gasteiger partial charge in [0.2, 0.25) is 0 Å². The third-order valence-electron chi connectivity index (χ3n) is 4.72. The summed E-state index contributed by atoms with van der Waals surface area (Å²) in [6.45, 7) is 5.06. The summed E-state index contributed by atoms with van der Waals surface area (Å²) in [5.41, 5.74) is 0.932. The number of benzene rings is 1. The fourth-order valence-corrected chi connectivity index (χ4v) is 4.42. The molecule has 0 radical (unpaired) electrons. The number of hydrogen-bond acceptors (Lipinski definition) is 6. The zero-order chi connectivity index (χ0) is 20.1. The van der Waals surface area contributed by atoms with E-state index in [0.717, 1.165) is 18.7 Å². The molecule has 8 heteroatoms. The smallest absolute Gasteiger partial charge is 0.342 e. The Morgan fingerprint density at radius 1 is 1.39 bits per heavy atom. The molecule has 0 spiro atoms. The van der Waals surface area contributed by atoms with Crippen molar-refractivity contribution < 1.29 is 23.8 Å². The Bertz CT molecular complexity index is 777. The first kappa shape index (κ1) is 20.7. The molecule has 1 atom stereocenters. The molecule has 2 aliphatic rings. The van der Waals surface area contributed by atoms with E-state index < -0.39 is 5.97 Å². The molecular weight excluding hydrogens is 383 g/mol. The quantitative estimate of drug-likeness (QED) is 0.744. The lowest BCUT2D eigenvalue weighted by atomic mass is 10.1. The SMILES string of the molecule is CCSC1=C(C(=O)O)C(OC)=CC(N2CCOCC2)N1Cc1cccc(F)c1. The molecule has 28 heavy (non-hydrogen) atoms. The number of aliphatic carboxylic acids is 1. The van der Waals surface area contributed by atoms with Crippen molar-refractivity contribution in [1.82, 2.24) is 9.80 Å². The molecule has 6 nitrogen and oxygen atoms in total. The number of methoxy groups -OCH3 is 1. The summed E-state index contributed by atoms with van der Waals surface area (Å²) in [6, 6.07) is 6.41. The highest BCUT2D eigenvalue weighted by Crippen LogP contribution is 2.37. The first-order chi connectivity index (χ1) is 13.5. The summed E-state index contributed by atoms with van der Waals surface area (Å²) in [7, 11) is 1.49. The molecule has 1 unspecified atom stereocenters. The minimum atomic E-state index is -1.03. The van der Waals surface area contributed by atoms with Crippen molar-refractivity contribution in [3.05, 3.63) is 58.1 Å². The van der Waals surface area contributed by atoms with Crippen molar-refractivity contribution in [3.8, 4) is 0 Å². The van der Waals surface area contributed by atoms with Crippen LogP contribution in [0.3, 0.4) is 0 Å². The van der Waals surface area contributed by atoms with Crippen LogP contribution in [0.25, 0.3) is 0 Å². The molecule has 1 aromatic carbocycles. The molecule has 3 rings (SSSR count). The molecule has 1 aromatic rings. The van der Waals surface area contributed by atoms with Gasteiger partial charge in [-0.25, -0.2) is 9.18 Å². The predicted molar refractivity (Wildman–Crippen MR) is 106 cm³/mol. The van der Waals surface area contributed by atoms with Gasteiger partial charge < -0.3 is 19.5 Å². The zero-order valence-corrected chi connectivity index (χ0v) is 16.9. The highest BCUT2D eigenvalue weighted by Gasteiger charge is 2.36. The second-order valence-corrected chi connectivity index (χ2v) is 7.73. The van der Waals surface area contributed by atoms with Gasteiger partial charge >= 0.3 is 5.97 Å². The predicted octanol–water partition coefficient (Wildman–Crippen LogP) is 2.88. The van der Waals surface area contributed by atoms with E-state index in [2.05, 4.69) is 4.90 Å². The topological polar surface area (TPSA) is 62.2 Å². The van der Waals surface area contributed by atoms with Crippen LogP contribution in [0, 0.1) is 5.82 Å².